The summed E-state index contributed by atoms with van der Waals surface area (Å²) in [6.07, 6.45) is -2.61. The van der Waals surface area contributed by atoms with Crippen LogP contribution < -0.4 is 11.1 Å². The standard InChI is InChI=1S/C13H18N6O5/c1-5(2-20)18-12(23)9-7(21)8(22)13(24-9)19-4-17-6-10(14)15-3-16-11(6)19/h3-5,7-9,13,20-22H,2H2,1H3,(H,18,23)(H2,14,15,16)/t5-,7-,8+,9-,13+/m0/s1. The molecule has 1 saturated heterocycles. The number of nitrogen functional groups attached to an aromatic ring is 1. The van der Waals surface area contributed by atoms with Gasteiger partial charge in [0.05, 0.1) is 12.9 Å². The van der Waals surface area contributed by atoms with Gasteiger partial charge in [0.25, 0.3) is 5.91 Å². The number of aromatic nitrogens is 4. The van der Waals surface area contributed by atoms with Crippen LogP contribution in [0.5, 0.6) is 0 Å². The third-order valence-corrected chi connectivity index (χ3v) is 3.82. The number of hydrogen-bond acceptors (Lipinski definition) is 9. The third-order valence-electron chi connectivity index (χ3n) is 3.82. The quantitative estimate of drug-likeness (QED) is 0.405. The molecule has 0 bridgehead atoms. The first-order chi connectivity index (χ1) is 11.4. The number of imidazole rings is 1. The van der Waals surface area contributed by atoms with Gasteiger partial charge in [0, 0.05) is 6.04 Å². The first-order valence-electron chi connectivity index (χ1n) is 7.30. The number of anilines is 1. The molecule has 1 aliphatic heterocycles. The smallest absolute Gasteiger partial charge is 0.252 e. The fraction of sp³-hybridized carbons (Fsp3) is 0.538. The van der Waals surface area contributed by atoms with Gasteiger partial charge in [-0.1, -0.05) is 0 Å². The fourth-order valence-electron chi connectivity index (χ4n) is 2.53. The van der Waals surface area contributed by atoms with Crippen LogP contribution in [-0.4, -0.2) is 71.7 Å². The van der Waals surface area contributed by atoms with Crippen molar-refractivity contribution in [1.82, 2.24) is 24.8 Å². The van der Waals surface area contributed by atoms with Crippen molar-refractivity contribution in [2.45, 2.75) is 37.5 Å². The first-order valence-corrected chi connectivity index (χ1v) is 7.30. The minimum atomic E-state index is -1.45. The van der Waals surface area contributed by atoms with Crippen LogP contribution in [0.1, 0.15) is 13.2 Å². The van der Waals surface area contributed by atoms with Gasteiger partial charge < -0.3 is 31.1 Å². The minimum Gasteiger partial charge on any atom is -0.394 e. The van der Waals surface area contributed by atoms with Gasteiger partial charge >= 0.3 is 0 Å². The van der Waals surface area contributed by atoms with Gasteiger partial charge in [-0.3, -0.25) is 9.36 Å². The zero-order chi connectivity index (χ0) is 17.4. The van der Waals surface area contributed by atoms with E-state index >= 15 is 0 Å². The highest BCUT2D eigenvalue weighted by molar-refractivity contribution is 5.83. The van der Waals surface area contributed by atoms with E-state index in [0.29, 0.717) is 11.2 Å². The van der Waals surface area contributed by atoms with E-state index in [-0.39, 0.29) is 12.4 Å². The van der Waals surface area contributed by atoms with E-state index in [2.05, 4.69) is 20.3 Å². The third kappa shape index (κ3) is 2.67. The lowest BCUT2D eigenvalue weighted by molar-refractivity contribution is -0.138. The number of nitrogens with two attached hydrogens (primary N) is 1. The summed E-state index contributed by atoms with van der Waals surface area (Å²) in [6.45, 7) is 1.33. The molecule has 0 unspecified atom stereocenters. The Labute approximate surface area is 136 Å². The highest BCUT2D eigenvalue weighted by Gasteiger charge is 2.47. The molecule has 0 radical (unpaired) electrons. The highest BCUT2D eigenvalue weighted by atomic mass is 16.6. The van der Waals surface area contributed by atoms with Gasteiger partial charge in [-0.05, 0) is 6.92 Å². The molecule has 6 N–H and O–H groups in total. The van der Waals surface area contributed by atoms with Crippen molar-refractivity contribution in [2.24, 2.45) is 0 Å². The average molecular weight is 338 g/mol. The Morgan fingerprint density at radius 3 is 2.88 bits per heavy atom. The van der Waals surface area contributed by atoms with Gasteiger partial charge in [-0.2, -0.15) is 0 Å². The van der Waals surface area contributed by atoms with E-state index < -0.39 is 36.5 Å². The Morgan fingerprint density at radius 1 is 1.42 bits per heavy atom. The maximum atomic E-state index is 12.1. The summed E-state index contributed by atoms with van der Waals surface area (Å²) in [5.74, 6) is -0.470. The Morgan fingerprint density at radius 2 is 2.17 bits per heavy atom. The molecule has 0 aliphatic carbocycles. The minimum absolute atomic E-state index is 0.165. The topological polar surface area (TPSA) is 169 Å². The van der Waals surface area contributed by atoms with Crippen molar-refractivity contribution in [1.29, 1.82) is 0 Å². The molecule has 1 fully saturated rings. The Hall–Kier alpha value is -2.34. The number of carbonyl (C=O) groups is 1. The number of nitrogens with one attached hydrogen (secondary N) is 1. The predicted octanol–water partition coefficient (Wildman–Crippen LogP) is -2.48. The zero-order valence-corrected chi connectivity index (χ0v) is 12.8. The Kier molecular flexibility index (Phi) is 4.32. The van der Waals surface area contributed by atoms with E-state index in [9.17, 15) is 15.0 Å². The largest absolute Gasteiger partial charge is 0.394 e. The van der Waals surface area contributed by atoms with E-state index in [4.69, 9.17) is 15.6 Å². The molecule has 11 heteroatoms. The van der Waals surface area contributed by atoms with Crippen LogP contribution in [0.2, 0.25) is 0 Å². The number of ether oxygens (including phenoxy) is 1. The summed E-state index contributed by atoms with van der Waals surface area (Å²) in [7, 11) is 0. The fourth-order valence-corrected chi connectivity index (χ4v) is 2.53. The predicted molar refractivity (Wildman–Crippen MR) is 80.3 cm³/mol. The monoisotopic (exact) mass is 338 g/mol. The molecule has 24 heavy (non-hydrogen) atoms. The number of carbonyl (C=O) groups excluding carboxylic acids is 1. The number of nitrogens with zero attached hydrogens (tertiary/aromatic N) is 4. The van der Waals surface area contributed by atoms with Crippen LogP contribution in [0, 0.1) is 0 Å². The summed E-state index contributed by atoms with van der Waals surface area (Å²) >= 11 is 0. The lowest BCUT2D eigenvalue weighted by atomic mass is 10.1. The Balaban J connectivity index is 1.87. The molecule has 11 nitrogen and oxygen atoms in total. The zero-order valence-electron chi connectivity index (χ0n) is 12.8. The van der Waals surface area contributed by atoms with Crippen molar-refractivity contribution in [2.75, 3.05) is 12.3 Å². The number of aliphatic hydroxyl groups excluding tert-OH is 3. The summed E-state index contributed by atoms with van der Waals surface area (Å²) in [6, 6.07) is -0.508. The molecule has 3 rings (SSSR count). The summed E-state index contributed by atoms with van der Waals surface area (Å²) < 4.78 is 6.89. The number of hydrogen-bond donors (Lipinski definition) is 5. The average Bonchev–Trinajstić information content (AvgIpc) is 3.11. The molecule has 0 aromatic carbocycles. The van der Waals surface area contributed by atoms with Gasteiger partial charge in [0.2, 0.25) is 0 Å². The van der Waals surface area contributed by atoms with E-state index in [1.807, 2.05) is 0 Å². The van der Waals surface area contributed by atoms with Crippen molar-refractivity contribution < 1.29 is 24.9 Å². The normalized spacial score (nSPS) is 28.2. The van der Waals surface area contributed by atoms with Crippen molar-refractivity contribution in [3.8, 4) is 0 Å². The van der Waals surface area contributed by atoms with Gasteiger partial charge in [-0.25, -0.2) is 15.0 Å². The second kappa shape index (κ2) is 6.28. The molecule has 2 aromatic rings. The van der Waals surface area contributed by atoms with Crippen molar-refractivity contribution >= 4 is 22.9 Å². The second-order valence-corrected chi connectivity index (χ2v) is 5.60. The molecule has 3 heterocycles. The lowest BCUT2D eigenvalue weighted by Crippen LogP contribution is -2.46. The molecular weight excluding hydrogens is 320 g/mol. The number of amides is 1. The van der Waals surface area contributed by atoms with Crippen molar-refractivity contribution in [3.63, 3.8) is 0 Å². The Bertz CT molecular complexity index is 752. The first kappa shape index (κ1) is 16.5. The maximum Gasteiger partial charge on any atom is 0.252 e. The number of aliphatic hydroxyl groups is 3. The maximum absolute atomic E-state index is 12.1. The van der Waals surface area contributed by atoms with E-state index in [1.54, 1.807) is 6.92 Å². The van der Waals surface area contributed by atoms with E-state index in [0.717, 1.165) is 0 Å². The molecule has 0 spiro atoms. The molecule has 130 valence electrons. The van der Waals surface area contributed by atoms with E-state index in [1.165, 1.54) is 17.2 Å². The number of rotatable bonds is 4. The molecule has 0 saturated carbocycles. The SMILES string of the molecule is C[C@@H](CO)NC(=O)[C@H]1O[C@@H](n2cnc3c(N)ncnc32)[C@H](O)[C@@H]1O. The summed E-state index contributed by atoms with van der Waals surface area (Å²) in [4.78, 5) is 24.0. The molecular formula is C13H18N6O5. The number of fused-ring (bicyclic) bond motifs is 1. The second-order valence-electron chi connectivity index (χ2n) is 5.60. The summed E-state index contributed by atoms with van der Waals surface area (Å²) in [5, 5.41) is 31.8. The highest BCUT2D eigenvalue weighted by Crippen LogP contribution is 2.32. The van der Waals surface area contributed by atoms with Gasteiger partial charge in [0.15, 0.2) is 23.8 Å². The molecule has 1 amide bonds. The van der Waals surface area contributed by atoms with Gasteiger partial charge in [0.1, 0.15) is 24.1 Å². The van der Waals surface area contributed by atoms with Crippen LogP contribution >= 0.6 is 0 Å². The van der Waals surface area contributed by atoms with Crippen LogP contribution in [0.3, 0.4) is 0 Å². The molecule has 1 aliphatic rings. The summed E-state index contributed by atoms with van der Waals surface area (Å²) in [5.41, 5.74) is 6.34. The molecule has 2 aromatic heterocycles. The van der Waals surface area contributed by atoms with Crippen LogP contribution in [0.25, 0.3) is 11.2 Å². The van der Waals surface area contributed by atoms with Crippen LogP contribution in [0.4, 0.5) is 5.82 Å². The lowest BCUT2D eigenvalue weighted by Gasteiger charge is -2.17. The van der Waals surface area contributed by atoms with Crippen LogP contribution in [-0.2, 0) is 9.53 Å². The van der Waals surface area contributed by atoms with Crippen molar-refractivity contribution in [3.05, 3.63) is 12.7 Å². The van der Waals surface area contributed by atoms with Crippen LogP contribution in [0.15, 0.2) is 12.7 Å². The van der Waals surface area contributed by atoms with Gasteiger partial charge in [-0.15, -0.1) is 0 Å². The molecule has 5 atom stereocenters.